The van der Waals surface area contributed by atoms with Crippen LogP contribution in [-0.4, -0.2) is 36.7 Å². The fourth-order valence-corrected chi connectivity index (χ4v) is 3.40. The maximum Gasteiger partial charge on any atom is 0.224 e. The van der Waals surface area contributed by atoms with Crippen molar-refractivity contribution in [1.29, 1.82) is 5.26 Å². The Morgan fingerprint density at radius 3 is 2.85 bits per heavy atom. The standard InChI is InChI=1S/C19H22FN5O/c1-4-13-6-5-7-25(13)18-10-16(23-19(22-2)24-18)12-8-15(20)14(11-21)17(9-12)26-3/h8-10,13H,4-7H2,1-3H3,(H,22,23,24)/t13-/m1/s1. The quantitative estimate of drug-likeness (QED) is 0.884. The van der Waals surface area contributed by atoms with E-state index in [1.807, 2.05) is 12.1 Å². The van der Waals surface area contributed by atoms with Crippen LogP contribution in [0, 0.1) is 17.1 Å². The van der Waals surface area contributed by atoms with Crippen molar-refractivity contribution < 1.29 is 9.13 Å². The topological polar surface area (TPSA) is 74.1 Å². The molecule has 0 bridgehead atoms. The van der Waals surface area contributed by atoms with E-state index in [1.165, 1.54) is 13.2 Å². The van der Waals surface area contributed by atoms with Crippen molar-refractivity contribution in [3.05, 3.63) is 29.6 Å². The third-order valence-electron chi connectivity index (χ3n) is 4.76. The van der Waals surface area contributed by atoms with Gasteiger partial charge < -0.3 is 15.0 Å². The van der Waals surface area contributed by atoms with Crippen LogP contribution in [-0.2, 0) is 0 Å². The Balaban J connectivity index is 2.10. The molecule has 6 nitrogen and oxygen atoms in total. The van der Waals surface area contributed by atoms with Crippen LogP contribution in [0.3, 0.4) is 0 Å². The van der Waals surface area contributed by atoms with Gasteiger partial charge in [-0.15, -0.1) is 0 Å². The number of nitrogens with one attached hydrogen (secondary N) is 1. The summed E-state index contributed by atoms with van der Waals surface area (Å²) >= 11 is 0. The third kappa shape index (κ3) is 3.27. The molecule has 1 aliphatic heterocycles. The number of nitrogens with zero attached hydrogens (tertiary/aromatic N) is 4. The lowest BCUT2D eigenvalue weighted by molar-refractivity contribution is 0.410. The minimum Gasteiger partial charge on any atom is -0.495 e. The highest BCUT2D eigenvalue weighted by Gasteiger charge is 2.25. The average Bonchev–Trinajstić information content (AvgIpc) is 3.15. The Hall–Kier alpha value is -2.88. The van der Waals surface area contributed by atoms with Gasteiger partial charge in [0.1, 0.15) is 29.0 Å². The van der Waals surface area contributed by atoms with Crippen molar-refractivity contribution in [3.8, 4) is 23.1 Å². The highest BCUT2D eigenvalue weighted by molar-refractivity contribution is 5.68. The summed E-state index contributed by atoms with van der Waals surface area (Å²) in [6, 6.07) is 7.10. The normalized spacial score (nSPS) is 16.4. The van der Waals surface area contributed by atoms with Crippen LogP contribution in [0.1, 0.15) is 31.7 Å². The molecule has 0 aliphatic carbocycles. The molecular weight excluding hydrogens is 333 g/mol. The highest BCUT2D eigenvalue weighted by atomic mass is 19.1. The molecule has 1 aromatic carbocycles. The van der Waals surface area contributed by atoms with Crippen molar-refractivity contribution in [1.82, 2.24) is 9.97 Å². The van der Waals surface area contributed by atoms with E-state index in [4.69, 9.17) is 10.00 Å². The number of nitriles is 1. The van der Waals surface area contributed by atoms with Crippen molar-refractivity contribution >= 4 is 11.8 Å². The highest BCUT2D eigenvalue weighted by Crippen LogP contribution is 2.32. The zero-order valence-corrected chi connectivity index (χ0v) is 15.2. The molecule has 0 spiro atoms. The molecule has 7 heteroatoms. The monoisotopic (exact) mass is 355 g/mol. The average molecular weight is 355 g/mol. The van der Waals surface area contributed by atoms with Crippen molar-refractivity contribution in [2.24, 2.45) is 0 Å². The van der Waals surface area contributed by atoms with E-state index in [9.17, 15) is 4.39 Å². The molecule has 0 unspecified atom stereocenters. The minimum atomic E-state index is -0.624. The van der Waals surface area contributed by atoms with E-state index in [2.05, 4.69) is 27.1 Å². The summed E-state index contributed by atoms with van der Waals surface area (Å²) in [6.07, 6.45) is 3.32. The van der Waals surface area contributed by atoms with Crippen LogP contribution in [0.4, 0.5) is 16.2 Å². The number of benzene rings is 1. The second-order valence-corrected chi connectivity index (χ2v) is 6.23. The van der Waals surface area contributed by atoms with Gasteiger partial charge in [-0.25, -0.2) is 9.37 Å². The molecule has 0 radical (unpaired) electrons. The van der Waals surface area contributed by atoms with E-state index in [-0.39, 0.29) is 11.3 Å². The molecule has 2 aromatic rings. The van der Waals surface area contributed by atoms with E-state index < -0.39 is 5.82 Å². The lowest BCUT2D eigenvalue weighted by atomic mass is 10.1. The first-order valence-electron chi connectivity index (χ1n) is 8.72. The fraction of sp³-hybridized carbons (Fsp3) is 0.421. The lowest BCUT2D eigenvalue weighted by Gasteiger charge is -2.25. The van der Waals surface area contributed by atoms with Gasteiger partial charge in [-0.05, 0) is 31.4 Å². The van der Waals surface area contributed by atoms with Gasteiger partial charge in [0, 0.05) is 31.3 Å². The van der Waals surface area contributed by atoms with Crippen LogP contribution < -0.4 is 15.0 Å². The molecule has 26 heavy (non-hydrogen) atoms. The largest absolute Gasteiger partial charge is 0.495 e. The molecule has 1 saturated heterocycles. The van der Waals surface area contributed by atoms with Gasteiger partial charge in [0.15, 0.2) is 0 Å². The van der Waals surface area contributed by atoms with E-state index in [0.717, 1.165) is 31.6 Å². The first-order valence-corrected chi connectivity index (χ1v) is 8.72. The molecule has 1 atom stereocenters. The Morgan fingerprint density at radius 1 is 1.38 bits per heavy atom. The molecule has 1 aromatic heterocycles. The predicted octanol–water partition coefficient (Wildman–Crippen LogP) is 3.58. The maximum absolute atomic E-state index is 14.3. The predicted molar refractivity (Wildman–Crippen MR) is 98.9 cm³/mol. The van der Waals surface area contributed by atoms with Crippen molar-refractivity contribution in [2.75, 3.05) is 30.9 Å². The summed E-state index contributed by atoms with van der Waals surface area (Å²) in [7, 11) is 3.17. The number of hydrogen-bond donors (Lipinski definition) is 1. The first-order chi connectivity index (χ1) is 12.6. The Kier molecular flexibility index (Phi) is 5.21. The third-order valence-corrected chi connectivity index (χ3v) is 4.76. The molecule has 0 saturated carbocycles. The van der Waals surface area contributed by atoms with E-state index in [0.29, 0.717) is 23.2 Å². The van der Waals surface area contributed by atoms with Crippen LogP contribution in [0.15, 0.2) is 18.2 Å². The van der Waals surface area contributed by atoms with Gasteiger partial charge in [0.2, 0.25) is 5.95 Å². The second kappa shape index (κ2) is 7.56. The molecule has 136 valence electrons. The summed E-state index contributed by atoms with van der Waals surface area (Å²) in [5.41, 5.74) is 1.03. The number of anilines is 2. The zero-order chi connectivity index (χ0) is 18.7. The SMILES string of the molecule is CC[C@@H]1CCCN1c1cc(-c2cc(F)c(C#N)c(OC)c2)nc(NC)n1. The Morgan fingerprint density at radius 2 is 2.19 bits per heavy atom. The summed E-state index contributed by atoms with van der Waals surface area (Å²) in [4.78, 5) is 11.3. The molecule has 1 aliphatic rings. The molecule has 3 rings (SSSR count). The van der Waals surface area contributed by atoms with Crippen molar-refractivity contribution in [2.45, 2.75) is 32.2 Å². The number of halogens is 1. The van der Waals surface area contributed by atoms with Crippen LogP contribution >= 0.6 is 0 Å². The van der Waals surface area contributed by atoms with Gasteiger partial charge >= 0.3 is 0 Å². The number of methoxy groups -OCH3 is 1. The number of rotatable bonds is 5. The molecule has 2 heterocycles. The van der Waals surface area contributed by atoms with Crippen LogP contribution in [0.2, 0.25) is 0 Å². The van der Waals surface area contributed by atoms with Crippen LogP contribution in [0.5, 0.6) is 5.75 Å². The minimum absolute atomic E-state index is 0.107. The summed E-state index contributed by atoms with van der Waals surface area (Å²) in [5.74, 6) is 0.873. The number of aromatic nitrogens is 2. The van der Waals surface area contributed by atoms with E-state index >= 15 is 0 Å². The van der Waals surface area contributed by atoms with Gasteiger partial charge in [-0.1, -0.05) is 6.92 Å². The zero-order valence-electron chi connectivity index (χ0n) is 15.2. The van der Waals surface area contributed by atoms with Crippen LogP contribution in [0.25, 0.3) is 11.3 Å². The summed E-state index contributed by atoms with van der Waals surface area (Å²) in [6.45, 7) is 3.12. The Labute approximate surface area is 152 Å². The fourth-order valence-electron chi connectivity index (χ4n) is 3.40. The van der Waals surface area contributed by atoms with E-state index in [1.54, 1.807) is 13.1 Å². The lowest BCUT2D eigenvalue weighted by Crippen LogP contribution is -2.29. The molecule has 0 amide bonds. The number of ether oxygens (including phenoxy) is 1. The van der Waals surface area contributed by atoms with Gasteiger partial charge in [0.25, 0.3) is 0 Å². The van der Waals surface area contributed by atoms with Gasteiger partial charge in [-0.3, -0.25) is 0 Å². The van der Waals surface area contributed by atoms with Crippen molar-refractivity contribution in [3.63, 3.8) is 0 Å². The van der Waals surface area contributed by atoms with Gasteiger partial charge in [0.05, 0.1) is 12.8 Å². The second-order valence-electron chi connectivity index (χ2n) is 6.23. The Bertz CT molecular complexity index is 849. The maximum atomic E-state index is 14.3. The molecular formula is C19H22FN5O. The number of hydrogen-bond acceptors (Lipinski definition) is 6. The molecule has 1 N–H and O–H groups in total. The summed E-state index contributed by atoms with van der Waals surface area (Å²) in [5, 5.41) is 12.1. The summed E-state index contributed by atoms with van der Waals surface area (Å²) < 4.78 is 19.5. The smallest absolute Gasteiger partial charge is 0.224 e. The molecule has 1 fully saturated rings. The van der Waals surface area contributed by atoms with Gasteiger partial charge in [-0.2, -0.15) is 10.2 Å². The first kappa shape index (κ1) is 17.9.